The molecule has 0 saturated carbocycles. The predicted molar refractivity (Wildman–Crippen MR) is 73.9 cm³/mol. The van der Waals surface area contributed by atoms with E-state index in [2.05, 4.69) is 4.72 Å². The van der Waals surface area contributed by atoms with E-state index in [1.54, 1.807) is 6.07 Å². The van der Waals surface area contributed by atoms with E-state index in [-0.39, 0.29) is 16.2 Å². The molecule has 0 spiro atoms. The summed E-state index contributed by atoms with van der Waals surface area (Å²) in [7, 11) is -3.89. The smallest absolute Gasteiger partial charge is 0.210 e. The van der Waals surface area contributed by atoms with Gasteiger partial charge < -0.3 is 0 Å². The summed E-state index contributed by atoms with van der Waals surface area (Å²) in [6.45, 7) is 3.96. The van der Waals surface area contributed by atoms with Gasteiger partial charge in [-0.15, -0.1) is 0 Å². The molecule has 0 saturated heterocycles. The number of hydrogen-bond donors (Lipinski definition) is 1. The van der Waals surface area contributed by atoms with E-state index in [1.807, 2.05) is 20.1 Å². The number of nitrogens with one attached hydrogen (secondary N) is 1. The quantitative estimate of drug-likeness (QED) is 0.904. The highest BCUT2D eigenvalue weighted by Gasteiger charge is 2.24. The molecule has 1 rings (SSSR count). The summed E-state index contributed by atoms with van der Waals surface area (Å²) in [6.07, 6.45) is 1.87. The zero-order valence-corrected chi connectivity index (χ0v) is 12.5. The number of halogens is 1. The van der Waals surface area contributed by atoms with Crippen molar-refractivity contribution in [2.45, 2.75) is 23.5 Å². The third-order valence-corrected chi connectivity index (χ3v) is 5.31. The molecule has 0 radical (unpaired) electrons. The molecule has 0 fully saturated rings. The summed E-state index contributed by atoms with van der Waals surface area (Å²) in [6, 6.07) is 5.13. The average molecular weight is 302 g/mol. The first-order chi connectivity index (χ1) is 8.73. The molecule has 0 aromatic heterocycles. The molecule has 0 heterocycles. The molecule has 104 valence electrons. The second kappa shape index (κ2) is 5.90. The molecule has 0 aliphatic heterocycles. The van der Waals surface area contributed by atoms with E-state index in [0.29, 0.717) is 0 Å². The Morgan fingerprint density at radius 2 is 2.11 bits per heavy atom. The van der Waals surface area contributed by atoms with Crippen LogP contribution in [0.5, 0.6) is 0 Å². The number of benzene rings is 1. The molecule has 1 N–H and O–H groups in total. The van der Waals surface area contributed by atoms with Crippen molar-refractivity contribution < 1.29 is 12.8 Å². The van der Waals surface area contributed by atoms with Crippen molar-refractivity contribution in [1.82, 2.24) is 4.72 Å². The van der Waals surface area contributed by atoms with Crippen LogP contribution in [0, 0.1) is 17.1 Å². The lowest BCUT2D eigenvalue weighted by Crippen LogP contribution is -2.36. The van der Waals surface area contributed by atoms with Crippen molar-refractivity contribution >= 4 is 21.8 Å². The van der Waals surface area contributed by atoms with Crippen LogP contribution in [0.4, 0.5) is 4.39 Å². The minimum absolute atomic E-state index is 0.192. The minimum atomic E-state index is -3.89. The van der Waals surface area contributed by atoms with Crippen molar-refractivity contribution in [1.29, 1.82) is 5.26 Å². The molecule has 0 aliphatic carbocycles. The normalized spacial score (nSPS) is 12.2. The fourth-order valence-corrected chi connectivity index (χ4v) is 2.94. The first-order valence-electron chi connectivity index (χ1n) is 5.47. The minimum Gasteiger partial charge on any atom is -0.210 e. The van der Waals surface area contributed by atoms with E-state index >= 15 is 0 Å². The summed E-state index contributed by atoms with van der Waals surface area (Å²) in [5.74, 6) is -0.838. The van der Waals surface area contributed by atoms with Gasteiger partial charge in [0.2, 0.25) is 10.0 Å². The maximum absolute atomic E-state index is 13.4. The SMILES string of the molecule is CSC(C)(C)CNS(=O)(=O)c1cccc(F)c1C#N. The first-order valence-corrected chi connectivity index (χ1v) is 8.18. The van der Waals surface area contributed by atoms with Crippen LogP contribution in [0.1, 0.15) is 19.4 Å². The number of thioether (sulfide) groups is 1. The van der Waals surface area contributed by atoms with E-state index in [4.69, 9.17) is 5.26 Å². The molecule has 19 heavy (non-hydrogen) atoms. The van der Waals surface area contributed by atoms with Crippen molar-refractivity contribution in [3.05, 3.63) is 29.6 Å². The van der Waals surface area contributed by atoms with Crippen LogP contribution in [0.2, 0.25) is 0 Å². The van der Waals surface area contributed by atoms with Crippen molar-refractivity contribution in [3.63, 3.8) is 0 Å². The predicted octanol–water partition coefficient (Wildman–Crippen LogP) is 2.12. The highest BCUT2D eigenvalue weighted by atomic mass is 32.2. The number of rotatable bonds is 5. The van der Waals surface area contributed by atoms with Gasteiger partial charge in [-0.3, -0.25) is 0 Å². The van der Waals surface area contributed by atoms with Crippen LogP contribution in [-0.4, -0.2) is 26.0 Å². The number of nitrogens with zero attached hydrogens (tertiary/aromatic N) is 1. The summed E-state index contributed by atoms with van der Waals surface area (Å²) < 4.78 is 39.7. The Kier molecular flexibility index (Phi) is 4.96. The summed E-state index contributed by atoms with van der Waals surface area (Å²) in [4.78, 5) is -0.327. The van der Waals surface area contributed by atoms with Gasteiger partial charge in [-0.1, -0.05) is 6.07 Å². The summed E-state index contributed by atoms with van der Waals surface area (Å²) in [5.41, 5.74) is -0.461. The van der Waals surface area contributed by atoms with Gasteiger partial charge in [-0.25, -0.2) is 17.5 Å². The van der Waals surface area contributed by atoms with Gasteiger partial charge in [0.1, 0.15) is 22.3 Å². The fraction of sp³-hybridized carbons (Fsp3) is 0.417. The monoisotopic (exact) mass is 302 g/mol. The van der Waals surface area contributed by atoms with E-state index < -0.39 is 21.4 Å². The number of hydrogen-bond acceptors (Lipinski definition) is 4. The molecular weight excluding hydrogens is 287 g/mol. The Bertz CT molecular complexity index is 607. The van der Waals surface area contributed by atoms with E-state index in [0.717, 1.165) is 6.07 Å². The van der Waals surface area contributed by atoms with Gasteiger partial charge in [0.15, 0.2) is 0 Å². The second-order valence-electron chi connectivity index (χ2n) is 4.51. The third kappa shape index (κ3) is 3.93. The van der Waals surface area contributed by atoms with Gasteiger partial charge in [0.25, 0.3) is 0 Å². The number of nitriles is 1. The number of sulfonamides is 1. The van der Waals surface area contributed by atoms with Gasteiger partial charge in [0.05, 0.1) is 0 Å². The van der Waals surface area contributed by atoms with Crippen LogP contribution in [0.15, 0.2) is 23.1 Å². The van der Waals surface area contributed by atoms with Crippen LogP contribution in [0.25, 0.3) is 0 Å². The third-order valence-electron chi connectivity index (χ3n) is 2.62. The molecular formula is C12H15FN2O2S2. The molecule has 0 unspecified atom stereocenters. The molecule has 0 aliphatic rings. The van der Waals surface area contributed by atoms with Gasteiger partial charge >= 0.3 is 0 Å². The lowest BCUT2D eigenvalue weighted by atomic mass is 10.2. The Hall–Kier alpha value is -1.10. The zero-order valence-electron chi connectivity index (χ0n) is 10.9. The van der Waals surface area contributed by atoms with Crippen molar-refractivity contribution in [2.75, 3.05) is 12.8 Å². The topological polar surface area (TPSA) is 70.0 Å². The van der Waals surface area contributed by atoms with Crippen LogP contribution in [0.3, 0.4) is 0 Å². The maximum atomic E-state index is 13.4. The van der Waals surface area contributed by atoms with Crippen molar-refractivity contribution in [2.24, 2.45) is 0 Å². The zero-order chi connectivity index (χ0) is 14.7. The highest BCUT2D eigenvalue weighted by molar-refractivity contribution is 8.00. The highest BCUT2D eigenvalue weighted by Crippen LogP contribution is 2.22. The van der Waals surface area contributed by atoms with Gasteiger partial charge in [0, 0.05) is 11.3 Å². The standard InChI is InChI=1S/C12H15FN2O2S2/c1-12(2,18-3)8-15-19(16,17)11-6-4-5-10(13)9(11)7-14/h4-6,15H,8H2,1-3H3. The molecule has 0 amide bonds. The summed E-state index contributed by atoms with van der Waals surface area (Å²) in [5, 5.41) is 8.85. The van der Waals surface area contributed by atoms with Crippen LogP contribution < -0.4 is 4.72 Å². The molecule has 7 heteroatoms. The van der Waals surface area contributed by atoms with Crippen LogP contribution in [-0.2, 0) is 10.0 Å². The largest absolute Gasteiger partial charge is 0.242 e. The molecule has 4 nitrogen and oxygen atoms in total. The van der Waals surface area contributed by atoms with E-state index in [9.17, 15) is 12.8 Å². The lowest BCUT2D eigenvalue weighted by Gasteiger charge is -2.22. The summed E-state index contributed by atoms with van der Waals surface area (Å²) >= 11 is 1.51. The van der Waals surface area contributed by atoms with E-state index in [1.165, 1.54) is 23.9 Å². The Morgan fingerprint density at radius 1 is 1.47 bits per heavy atom. The lowest BCUT2D eigenvalue weighted by molar-refractivity contribution is 0.567. The Balaban J connectivity index is 3.10. The molecule has 0 bridgehead atoms. The second-order valence-corrected chi connectivity index (χ2v) is 7.76. The Morgan fingerprint density at radius 3 is 2.63 bits per heavy atom. The van der Waals surface area contributed by atoms with Gasteiger partial charge in [-0.05, 0) is 32.2 Å². The molecule has 1 aromatic carbocycles. The molecule has 0 atom stereocenters. The van der Waals surface area contributed by atoms with Crippen molar-refractivity contribution in [3.8, 4) is 6.07 Å². The van der Waals surface area contributed by atoms with Gasteiger partial charge in [-0.2, -0.15) is 17.0 Å². The average Bonchev–Trinajstić information content (AvgIpc) is 2.36. The maximum Gasteiger partial charge on any atom is 0.242 e. The molecule has 1 aromatic rings. The Labute approximate surface area is 117 Å². The first kappa shape index (κ1) is 16.0. The van der Waals surface area contributed by atoms with Crippen LogP contribution >= 0.6 is 11.8 Å². The fourth-order valence-electron chi connectivity index (χ4n) is 1.26.